The van der Waals surface area contributed by atoms with Crippen molar-refractivity contribution in [1.82, 2.24) is 0 Å². The summed E-state index contributed by atoms with van der Waals surface area (Å²) < 4.78 is 0. The van der Waals surface area contributed by atoms with E-state index in [2.05, 4.69) is 10.6 Å². The molecule has 0 unspecified atom stereocenters. The summed E-state index contributed by atoms with van der Waals surface area (Å²) in [5.41, 5.74) is 4.16. The molecule has 0 spiro atoms. The topological polar surface area (TPSA) is 58.2 Å². The fraction of sp³-hybridized carbons (Fsp3) is 0.263. The maximum absolute atomic E-state index is 12.3. The molecule has 2 aromatic rings. The summed E-state index contributed by atoms with van der Waals surface area (Å²) in [5, 5.41) is 5.68. The third kappa shape index (κ3) is 4.42. The average Bonchev–Trinajstić information content (AvgIpc) is 2.50. The average molecular weight is 310 g/mol. The van der Waals surface area contributed by atoms with Crippen LogP contribution in [0, 0.1) is 19.8 Å². The van der Waals surface area contributed by atoms with Crippen molar-refractivity contribution in [2.24, 2.45) is 5.92 Å². The Balaban J connectivity index is 2.12. The number of benzene rings is 2. The molecule has 2 amide bonds. The fourth-order valence-corrected chi connectivity index (χ4v) is 2.05. The summed E-state index contributed by atoms with van der Waals surface area (Å²) in [6.45, 7) is 7.66. The molecule has 0 fully saturated rings. The van der Waals surface area contributed by atoms with E-state index in [4.69, 9.17) is 0 Å². The van der Waals surface area contributed by atoms with Gasteiger partial charge in [0.05, 0.1) is 0 Å². The second-order valence-corrected chi connectivity index (χ2v) is 5.98. The molecular weight excluding hydrogens is 288 g/mol. The van der Waals surface area contributed by atoms with Crippen LogP contribution in [0.2, 0.25) is 0 Å². The van der Waals surface area contributed by atoms with Crippen LogP contribution in [0.3, 0.4) is 0 Å². The van der Waals surface area contributed by atoms with E-state index < -0.39 is 0 Å². The highest BCUT2D eigenvalue weighted by Gasteiger charge is 2.09. The Kier molecular flexibility index (Phi) is 5.16. The van der Waals surface area contributed by atoms with E-state index in [0.29, 0.717) is 16.9 Å². The number of carbonyl (C=O) groups is 2. The Hall–Kier alpha value is -2.62. The second-order valence-electron chi connectivity index (χ2n) is 5.98. The molecule has 2 N–H and O–H groups in total. The predicted octanol–water partition coefficient (Wildman–Crippen LogP) is 4.15. The SMILES string of the molecule is Cc1ccc(C(=O)Nc2cccc(NC(=O)C(C)C)c2)cc1C. The van der Waals surface area contributed by atoms with Crippen LogP contribution in [-0.4, -0.2) is 11.8 Å². The van der Waals surface area contributed by atoms with E-state index >= 15 is 0 Å². The molecule has 0 heterocycles. The van der Waals surface area contributed by atoms with Crippen molar-refractivity contribution in [3.05, 3.63) is 59.2 Å². The number of amides is 2. The molecule has 4 nitrogen and oxygen atoms in total. The van der Waals surface area contributed by atoms with Crippen LogP contribution < -0.4 is 10.6 Å². The summed E-state index contributed by atoms with van der Waals surface area (Å²) in [7, 11) is 0. The monoisotopic (exact) mass is 310 g/mol. The molecule has 0 atom stereocenters. The van der Waals surface area contributed by atoms with E-state index in [9.17, 15) is 9.59 Å². The van der Waals surface area contributed by atoms with E-state index in [1.807, 2.05) is 45.9 Å². The Morgan fingerprint density at radius 2 is 1.52 bits per heavy atom. The van der Waals surface area contributed by atoms with Gasteiger partial charge >= 0.3 is 0 Å². The lowest BCUT2D eigenvalue weighted by Gasteiger charge is -2.11. The van der Waals surface area contributed by atoms with Gasteiger partial charge in [-0.15, -0.1) is 0 Å². The van der Waals surface area contributed by atoms with Gasteiger partial charge in [-0.3, -0.25) is 9.59 Å². The minimum atomic E-state index is -0.166. The van der Waals surface area contributed by atoms with Gasteiger partial charge in [0, 0.05) is 22.9 Å². The molecular formula is C19H22N2O2. The van der Waals surface area contributed by atoms with Gasteiger partial charge < -0.3 is 10.6 Å². The molecule has 0 radical (unpaired) electrons. The number of hydrogen-bond donors (Lipinski definition) is 2. The normalized spacial score (nSPS) is 10.5. The molecule has 120 valence electrons. The van der Waals surface area contributed by atoms with Crippen LogP contribution in [0.4, 0.5) is 11.4 Å². The Morgan fingerprint density at radius 3 is 2.13 bits per heavy atom. The summed E-state index contributed by atoms with van der Waals surface area (Å²) in [6.07, 6.45) is 0. The molecule has 0 bridgehead atoms. The van der Waals surface area contributed by atoms with Crippen LogP contribution >= 0.6 is 0 Å². The van der Waals surface area contributed by atoms with Gasteiger partial charge in [-0.05, 0) is 55.3 Å². The van der Waals surface area contributed by atoms with Gasteiger partial charge in [0.2, 0.25) is 5.91 Å². The number of nitrogens with one attached hydrogen (secondary N) is 2. The number of rotatable bonds is 4. The van der Waals surface area contributed by atoms with Crippen molar-refractivity contribution in [2.45, 2.75) is 27.7 Å². The number of carbonyl (C=O) groups excluding carboxylic acids is 2. The van der Waals surface area contributed by atoms with Crippen molar-refractivity contribution >= 4 is 23.2 Å². The third-order valence-corrected chi connectivity index (χ3v) is 3.68. The van der Waals surface area contributed by atoms with Crippen molar-refractivity contribution in [3.8, 4) is 0 Å². The Morgan fingerprint density at radius 1 is 0.870 bits per heavy atom. The highest BCUT2D eigenvalue weighted by Crippen LogP contribution is 2.18. The lowest BCUT2D eigenvalue weighted by molar-refractivity contribution is -0.118. The minimum Gasteiger partial charge on any atom is -0.326 e. The van der Waals surface area contributed by atoms with Crippen molar-refractivity contribution in [2.75, 3.05) is 10.6 Å². The van der Waals surface area contributed by atoms with Crippen LogP contribution in [0.25, 0.3) is 0 Å². The standard InChI is InChI=1S/C19H22N2O2/c1-12(2)18(22)20-16-6-5-7-17(11-16)21-19(23)15-9-8-13(3)14(4)10-15/h5-12H,1-4H3,(H,20,22)(H,21,23). The van der Waals surface area contributed by atoms with Gasteiger partial charge in [-0.1, -0.05) is 26.0 Å². The zero-order valence-corrected chi connectivity index (χ0v) is 13.9. The first-order valence-electron chi connectivity index (χ1n) is 7.66. The Labute approximate surface area is 136 Å². The maximum Gasteiger partial charge on any atom is 0.255 e. The van der Waals surface area contributed by atoms with E-state index in [1.54, 1.807) is 24.3 Å². The van der Waals surface area contributed by atoms with Gasteiger partial charge in [0.15, 0.2) is 0 Å². The van der Waals surface area contributed by atoms with Crippen LogP contribution in [-0.2, 0) is 4.79 Å². The summed E-state index contributed by atoms with van der Waals surface area (Å²) in [4.78, 5) is 24.1. The Bertz CT molecular complexity index is 736. The molecule has 0 saturated carbocycles. The van der Waals surface area contributed by atoms with Crippen LogP contribution in [0.15, 0.2) is 42.5 Å². The number of anilines is 2. The third-order valence-electron chi connectivity index (χ3n) is 3.68. The van der Waals surface area contributed by atoms with E-state index in [0.717, 1.165) is 11.1 Å². The van der Waals surface area contributed by atoms with E-state index in [1.165, 1.54) is 0 Å². The molecule has 0 aromatic heterocycles. The molecule has 2 aromatic carbocycles. The molecule has 0 aliphatic heterocycles. The van der Waals surface area contributed by atoms with Gasteiger partial charge in [-0.2, -0.15) is 0 Å². The first kappa shape index (κ1) is 16.7. The summed E-state index contributed by atoms with van der Waals surface area (Å²) in [6, 6.07) is 12.8. The van der Waals surface area contributed by atoms with Gasteiger partial charge in [-0.25, -0.2) is 0 Å². The lowest BCUT2D eigenvalue weighted by atomic mass is 10.1. The van der Waals surface area contributed by atoms with Crippen molar-refractivity contribution in [1.29, 1.82) is 0 Å². The maximum atomic E-state index is 12.3. The molecule has 0 aliphatic carbocycles. The van der Waals surface area contributed by atoms with Crippen molar-refractivity contribution < 1.29 is 9.59 Å². The molecule has 0 aliphatic rings. The quantitative estimate of drug-likeness (QED) is 0.891. The number of hydrogen-bond acceptors (Lipinski definition) is 2. The first-order chi connectivity index (χ1) is 10.9. The highest BCUT2D eigenvalue weighted by molar-refractivity contribution is 6.04. The minimum absolute atomic E-state index is 0.0531. The predicted molar refractivity (Wildman–Crippen MR) is 93.8 cm³/mol. The molecule has 4 heteroatoms. The van der Waals surface area contributed by atoms with E-state index in [-0.39, 0.29) is 17.7 Å². The number of aryl methyl sites for hydroxylation is 2. The van der Waals surface area contributed by atoms with Crippen molar-refractivity contribution in [3.63, 3.8) is 0 Å². The summed E-state index contributed by atoms with van der Waals surface area (Å²) in [5.74, 6) is -0.313. The smallest absolute Gasteiger partial charge is 0.255 e. The largest absolute Gasteiger partial charge is 0.326 e. The first-order valence-corrected chi connectivity index (χ1v) is 7.66. The van der Waals surface area contributed by atoms with Crippen LogP contribution in [0.5, 0.6) is 0 Å². The summed E-state index contributed by atoms with van der Waals surface area (Å²) >= 11 is 0. The van der Waals surface area contributed by atoms with Gasteiger partial charge in [0.25, 0.3) is 5.91 Å². The second kappa shape index (κ2) is 7.09. The van der Waals surface area contributed by atoms with Gasteiger partial charge in [0.1, 0.15) is 0 Å². The zero-order chi connectivity index (χ0) is 17.0. The fourth-order valence-electron chi connectivity index (χ4n) is 2.05. The molecule has 2 rings (SSSR count). The zero-order valence-electron chi connectivity index (χ0n) is 13.9. The lowest BCUT2D eigenvalue weighted by Crippen LogP contribution is -2.18. The highest BCUT2D eigenvalue weighted by atomic mass is 16.2. The molecule has 0 saturated heterocycles. The van der Waals surface area contributed by atoms with Crippen LogP contribution in [0.1, 0.15) is 35.3 Å². The molecule has 23 heavy (non-hydrogen) atoms.